The second-order valence-corrected chi connectivity index (χ2v) is 6.20. The Morgan fingerprint density at radius 3 is 2.39 bits per heavy atom. The Hall–Kier alpha value is -2.02. The van der Waals surface area contributed by atoms with Gasteiger partial charge in [0.05, 0.1) is 0 Å². The van der Waals surface area contributed by atoms with Crippen LogP contribution < -0.4 is 5.32 Å². The summed E-state index contributed by atoms with van der Waals surface area (Å²) in [6.45, 7) is 0. The first-order chi connectivity index (χ1) is 11.0. The van der Waals surface area contributed by atoms with Crippen molar-refractivity contribution in [3.8, 4) is 11.3 Å². The van der Waals surface area contributed by atoms with Gasteiger partial charge in [-0.25, -0.2) is 4.39 Å². The van der Waals surface area contributed by atoms with E-state index in [1.165, 1.54) is 12.1 Å². The Bertz CT molecular complexity index is 847. The van der Waals surface area contributed by atoms with Gasteiger partial charge in [0.25, 0.3) is 5.91 Å². The molecule has 0 spiro atoms. The van der Waals surface area contributed by atoms with Crippen LogP contribution in [0.15, 0.2) is 42.5 Å². The zero-order chi connectivity index (χ0) is 16.4. The Morgan fingerprint density at radius 2 is 1.74 bits per heavy atom. The molecule has 2 aromatic carbocycles. The van der Waals surface area contributed by atoms with Gasteiger partial charge in [0.2, 0.25) is 0 Å². The number of benzene rings is 2. The SMILES string of the molecule is O=C(Nc1cc(Cl)cc(Cl)c1)c1snnc1-c1ccc(F)cc1. The average molecular weight is 368 g/mol. The van der Waals surface area contributed by atoms with E-state index in [9.17, 15) is 9.18 Å². The molecule has 0 saturated heterocycles. The normalized spacial score (nSPS) is 10.6. The number of hydrogen-bond donors (Lipinski definition) is 1. The van der Waals surface area contributed by atoms with E-state index < -0.39 is 5.91 Å². The van der Waals surface area contributed by atoms with Gasteiger partial charge in [0, 0.05) is 21.3 Å². The first-order valence-corrected chi connectivity index (χ1v) is 7.91. The number of amides is 1. The van der Waals surface area contributed by atoms with Crippen molar-refractivity contribution < 1.29 is 9.18 Å². The summed E-state index contributed by atoms with van der Waals surface area (Å²) < 4.78 is 16.8. The van der Waals surface area contributed by atoms with Gasteiger partial charge in [0.15, 0.2) is 0 Å². The van der Waals surface area contributed by atoms with Gasteiger partial charge < -0.3 is 5.32 Å². The van der Waals surface area contributed by atoms with E-state index in [1.807, 2.05) is 0 Å². The number of nitrogens with one attached hydrogen (secondary N) is 1. The molecule has 3 aromatic rings. The lowest BCUT2D eigenvalue weighted by atomic mass is 10.1. The van der Waals surface area contributed by atoms with Gasteiger partial charge >= 0.3 is 0 Å². The minimum atomic E-state index is -0.391. The second-order valence-electron chi connectivity index (χ2n) is 4.57. The summed E-state index contributed by atoms with van der Waals surface area (Å²) >= 11 is 12.8. The van der Waals surface area contributed by atoms with Crippen LogP contribution in [-0.4, -0.2) is 15.5 Å². The molecule has 23 heavy (non-hydrogen) atoms. The monoisotopic (exact) mass is 367 g/mol. The van der Waals surface area contributed by atoms with Gasteiger partial charge in [-0.1, -0.05) is 27.7 Å². The molecule has 1 amide bonds. The van der Waals surface area contributed by atoms with Crippen molar-refractivity contribution in [1.29, 1.82) is 0 Å². The summed E-state index contributed by atoms with van der Waals surface area (Å²) in [6, 6.07) is 10.4. The maximum absolute atomic E-state index is 13.0. The third kappa shape index (κ3) is 3.67. The molecule has 116 valence electrons. The zero-order valence-corrected chi connectivity index (χ0v) is 13.7. The minimum Gasteiger partial charge on any atom is -0.321 e. The largest absolute Gasteiger partial charge is 0.321 e. The molecule has 1 heterocycles. The minimum absolute atomic E-state index is 0.313. The topological polar surface area (TPSA) is 54.9 Å². The van der Waals surface area contributed by atoms with Crippen molar-refractivity contribution >= 4 is 46.3 Å². The smallest absolute Gasteiger partial charge is 0.269 e. The summed E-state index contributed by atoms with van der Waals surface area (Å²) in [6.07, 6.45) is 0. The van der Waals surface area contributed by atoms with E-state index in [0.29, 0.717) is 31.9 Å². The molecule has 1 N–H and O–H groups in total. The fourth-order valence-electron chi connectivity index (χ4n) is 1.95. The summed E-state index contributed by atoms with van der Waals surface area (Å²) in [7, 11) is 0. The summed E-state index contributed by atoms with van der Waals surface area (Å²) in [4.78, 5) is 12.7. The Balaban J connectivity index is 1.89. The van der Waals surface area contributed by atoms with Crippen LogP contribution in [0.1, 0.15) is 9.67 Å². The van der Waals surface area contributed by atoms with E-state index in [1.54, 1.807) is 30.3 Å². The lowest BCUT2D eigenvalue weighted by Gasteiger charge is -2.06. The van der Waals surface area contributed by atoms with E-state index in [-0.39, 0.29) is 5.82 Å². The number of hydrogen-bond acceptors (Lipinski definition) is 4. The van der Waals surface area contributed by atoms with Crippen LogP contribution in [-0.2, 0) is 0 Å². The highest BCUT2D eigenvalue weighted by molar-refractivity contribution is 7.08. The predicted octanol–water partition coefficient (Wildman–Crippen LogP) is 4.90. The highest BCUT2D eigenvalue weighted by Crippen LogP contribution is 2.27. The first-order valence-electron chi connectivity index (χ1n) is 6.38. The fraction of sp³-hybridized carbons (Fsp3) is 0. The van der Waals surface area contributed by atoms with E-state index in [2.05, 4.69) is 14.9 Å². The molecular weight excluding hydrogens is 360 g/mol. The number of carbonyl (C=O) groups is 1. The molecular formula is C15H8Cl2FN3OS. The quantitative estimate of drug-likeness (QED) is 0.715. The molecule has 0 fully saturated rings. The van der Waals surface area contributed by atoms with Crippen LogP contribution in [0, 0.1) is 5.82 Å². The summed E-state index contributed by atoms with van der Waals surface area (Å²) in [5.41, 5.74) is 1.46. The summed E-state index contributed by atoms with van der Waals surface area (Å²) in [5, 5.41) is 7.47. The lowest BCUT2D eigenvalue weighted by Crippen LogP contribution is -2.11. The van der Waals surface area contributed by atoms with Gasteiger partial charge in [-0.05, 0) is 54.0 Å². The first kappa shape index (κ1) is 15.9. The molecule has 0 aliphatic carbocycles. The fourth-order valence-corrected chi connectivity index (χ4v) is 3.06. The molecule has 1 aromatic heterocycles. The van der Waals surface area contributed by atoms with E-state index in [0.717, 1.165) is 11.5 Å². The van der Waals surface area contributed by atoms with Crippen molar-refractivity contribution in [2.75, 3.05) is 5.32 Å². The van der Waals surface area contributed by atoms with Crippen molar-refractivity contribution in [1.82, 2.24) is 9.59 Å². The van der Waals surface area contributed by atoms with Crippen LogP contribution in [0.3, 0.4) is 0 Å². The van der Waals surface area contributed by atoms with Gasteiger partial charge in [-0.3, -0.25) is 4.79 Å². The Kier molecular flexibility index (Phi) is 4.56. The molecule has 0 atom stereocenters. The van der Waals surface area contributed by atoms with Crippen molar-refractivity contribution in [3.63, 3.8) is 0 Å². The Morgan fingerprint density at radius 1 is 1.09 bits per heavy atom. The average Bonchev–Trinajstić information content (AvgIpc) is 2.96. The molecule has 3 rings (SSSR count). The standard InChI is InChI=1S/C15H8Cl2FN3OS/c16-9-5-10(17)7-12(6-9)19-15(22)14-13(20-21-23-14)8-1-3-11(18)4-2-8/h1-7H,(H,19,22). The molecule has 0 radical (unpaired) electrons. The van der Waals surface area contributed by atoms with Gasteiger partial charge in [-0.2, -0.15) is 0 Å². The number of carbonyl (C=O) groups excluding carboxylic acids is 1. The molecule has 0 bridgehead atoms. The number of anilines is 1. The number of halogens is 3. The van der Waals surface area contributed by atoms with E-state index in [4.69, 9.17) is 23.2 Å². The molecule has 0 unspecified atom stereocenters. The van der Waals surface area contributed by atoms with Gasteiger partial charge in [0.1, 0.15) is 16.4 Å². The second kappa shape index (κ2) is 6.62. The van der Waals surface area contributed by atoms with Crippen molar-refractivity contribution in [2.45, 2.75) is 0 Å². The van der Waals surface area contributed by atoms with Crippen LogP contribution >= 0.6 is 34.7 Å². The van der Waals surface area contributed by atoms with Crippen LogP contribution in [0.4, 0.5) is 10.1 Å². The van der Waals surface area contributed by atoms with Crippen LogP contribution in [0.2, 0.25) is 10.0 Å². The van der Waals surface area contributed by atoms with Crippen molar-refractivity contribution in [2.24, 2.45) is 0 Å². The highest BCUT2D eigenvalue weighted by atomic mass is 35.5. The third-order valence-electron chi connectivity index (χ3n) is 2.93. The molecule has 0 saturated carbocycles. The van der Waals surface area contributed by atoms with Crippen molar-refractivity contribution in [3.05, 3.63) is 63.2 Å². The number of rotatable bonds is 3. The molecule has 8 heteroatoms. The van der Waals surface area contributed by atoms with Gasteiger partial charge in [-0.15, -0.1) is 5.10 Å². The molecule has 0 aliphatic heterocycles. The van der Waals surface area contributed by atoms with Crippen LogP contribution in [0.5, 0.6) is 0 Å². The molecule has 4 nitrogen and oxygen atoms in total. The zero-order valence-electron chi connectivity index (χ0n) is 11.4. The number of nitrogens with zero attached hydrogens (tertiary/aromatic N) is 2. The maximum atomic E-state index is 13.0. The van der Waals surface area contributed by atoms with Crippen LogP contribution in [0.25, 0.3) is 11.3 Å². The summed E-state index contributed by atoms with van der Waals surface area (Å²) in [5.74, 6) is -0.755. The molecule has 0 aliphatic rings. The lowest BCUT2D eigenvalue weighted by molar-refractivity contribution is 0.103. The maximum Gasteiger partial charge on any atom is 0.269 e. The predicted molar refractivity (Wildman–Crippen MR) is 89.7 cm³/mol. The third-order valence-corrected chi connectivity index (χ3v) is 4.09. The number of aromatic nitrogens is 2. The highest BCUT2D eigenvalue weighted by Gasteiger charge is 2.18. The van der Waals surface area contributed by atoms with E-state index >= 15 is 0 Å². The Labute approximate surface area is 145 Å².